The van der Waals surface area contributed by atoms with Gasteiger partial charge in [-0.15, -0.1) is 0 Å². The molecule has 1 aliphatic rings. The molecule has 1 aromatic carbocycles. The fourth-order valence-electron chi connectivity index (χ4n) is 1.92. The van der Waals surface area contributed by atoms with Crippen LogP contribution in [0.4, 0.5) is 4.39 Å². The number of rotatable bonds is 3. The van der Waals surface area contributed by atoms with E-state index in [0.717, 1.165) is 12.8 Å². The Labute approximate surface area is 107 Å². The van der Waals surface area contributed by atoms with Gasteiger partial charge in [-0.05, 0) is 40.8 Å². The summed E-state index contributed by atoms with van der Waals surface area (Å²) in [5.74, 6) is -0.542. The smallest absolute Gasteiger partial charge is 0.149 e. The van der Waals surface area contributed by atoms with Crippen molar-refractivity contribution >= 4 is 27.5 Å². The minimum atomic E-state index is -1.28. The Morgan fingerprint density at radius 2 is 2.19 bits per heavy atom. The predicted octanol–water partition coefficient (Wildman–Crippen LogP) is 2.80. The Morgan fingerprint density at radius 1 is 1.56 bits per heavy atom. The number of aliphatic hydroxyl groups is 1. The summed E-state index contributed by atoms with van der Waals surface area (Å²) >= 11 is 8.93. The van der Waals surface area contributed by atoms with Crippen LogP contribution in [0.15, 0.2) is 16.6 Å². The molecule has 0 amide bonds. The Hall–Kier alpha value is -0.160. The summed E-state index contributed by atoms with van der Waals surface area (Å²) in [6, 6.07) is 3.17. The highest BCUT2D eigenvalue weighted by molar-refractivity contribution is 9.10. The fourth-order valence-corrected chi connectivity index (χ4v) is 2.39. The van der Waals surface area contributed by atoms with Crippen LogP contribution >= 0.6 is 27.5 Å². The van der Waals surface area contributed by atoms with Gasteiger partial charge in [0.15, 0.2) is 0 Å². The van der Waals surface area contributed by atoms with Crippen LogP contribution in [0.25, 0.3) is 0 Å². The summed E-state index contributed by atoms with van der Waals surface area (Å²) in [4.78, 5) is 0. The Bertz CT molecular complexity index is 425. The molecule has 1 fully saturated rings. The standard InChI is InChI=1S/C11H12BrClFNO/c12-8-4-3-7(10(14)9(8)13)11(16,5-15)6-1-2-6/h3-4,6,16H,1-2,5,15H2. The van der Waals surface area contributed by atoms with Gasteiger partial charge in [-0.25, -0.2) is 4.39 Å². The molecule has 1 unspecified atom stereocenters. The van der Waals surface area contributed by atoms with E-state index in [-0.39, 0.29) is 23.0 Å². The molecule has 2 nitrogen and oxygen atoms in total. The van der Waals surface area contributed by atoms with Crippen LogP contribution < -0.4 is 5.73 Å². The van der Waals surface area contributed by atoms with Crippen LogP contribution in [0.5, 0.6) is 0 Å². The van der Waals surface area contributed by atoms with Crippen molar-refractivity contribution in [2.24, 2.45) is 11.7 Å². The first-order valence-electron chi connectivity index (χ1n) is 5.07. The highest BCUT2D eigenvalue weighted by Crippen LogP contribution is 2.47. The minimum absolute atomic E-state index is 0.00650. The van der Waals surface area contributed by atoms with Crippen LogP contribution in [0.2, 0.25) is 5.02 Å². The first-order chi connectivity index (χ1) is 7.50. The van der Waals surface area contributed by atoms with E-state index in [0.29, 0.717) is 4.47 Å². The molecule has 1 atom stereocenters. The van der Waals surface area contributed by atoms with Crippen molar-refractivity contribution < 1.29 is 9.50 Å². The normalized spacial score (nSPS) is 19.6. The monoisotopic (exact) mass is 307 g/mol. The SMILES string of the molecule is NCC(O)(c1ccc(Br)c(Cl)c1F)C1CC1. The van der Waals surface area contributed by atoms with E-state index in [1.165, 1.54) is 6.07 Å². The lowest BCUT2D eigenvalue weighted by molar-refractivity contribution is 0.0188. The summed E-state index contributed by atoms with van der Waals surface area (Å²) < 4.78 is 14.4. The molecule has 0 spiro atoms. The van der Waals surface area contributed by atoms with Crippen LogP contribution in [-0.2, 0) is 5.60 Å². The molecule has 0 bridgehead atoms. The van der Waals surface area contributed by atoms with Gasteiger partial charge >= 0.3 is 0 Å². The molecule has 0 aliphatic heterocycles. The van der Waals surface area contributed by atoms with Crippen LogP contribution in [0.3, 0.4) is 0 Å². The summed E-state index contributed by atoms with van der Waals surface area (Å²) in [5, 5.41) is 10.4. The molecule has 0 aromatic heterocycles. The van der Waals surface area contributed by atoms with Gasteiger partial charge in [0.25, 0.3) is 0 Å². The lowest BCUT2D eigenvalue weighted by atomic mass is 9.88. The Kier molecular flexibility index (Phi) is 3.27. The van der Waals surface area contributed by atoms with Crippen molar-refractivity contribution in [3.05, 3.63) is 33.0 Å². The second-order valence-corrected chi connectivity index (χ2v) is 5.36. The minimum Gasteiger partial charge on any atom is -0.383 e. The quantitative estimate of drug-likeness (QED) is 0.844. The van der Waals surface area contributed by atoms with Crippen LogP contribution in [-0.4, -0.2) is 11.7 Å². The van der Waals surface area contributed by atoms with Crippen molar-refractivity contribution in [2.75, 3.05) is 6.54 Å². The van der Waals surface area contributed by atoms with E-state index >= 15 is 0 Å². The molecule has 0 saturated heterocycles. The maximum atomic E-state index is 14.0. The van der Waals surface area contributed by atoms with Gasteiger partial charge in [-0.3, -0.25) is 0 Å². The summed E-state index contributed by atoms with van der Waals surface area (Å²) in [6.07, 6.45) is 1.75. The molecule has 1 aliphatic carbocycles. The Morgan fingerprint density at radius 3 is 2.69 bits per heavy atom. The third-order valence-corrected chi connectivity index (χ3v) is 4.32. The molecule has 16 heavy (non-hydrogen) atoms. The molecule has 0 heterocycles. The van der Waals surface area contributed by atoms with Crippen LogP contribution in [0.1, 0.15) is 18.4 Å². The molecular formula is C11H12BrClFNO. The molecular weight excluding hydrogens is 296 g/mol. The van der Waals surface area contributed by atoms with Crippen LogP contribution in [0, 0.1) is 11.7 Å². The molecule has 5 heteroatoms. The molecule has 0 radical (unpaired) electrons. The number of hydrogen-bond donors (Lipinski definition) is 2. The van der Waals surface area contributed by atoms with E-state index in [1.807, 2.05) is 0 Å². The topological polar surface area (TPSA) is 46.2 Å². The van der Waals surface area contributed by atoms with Crippen molar-refractivity contribution in [2.45, 2.75) is 18.4 Å². The maximum Gasteiger partial charge on any atom is 0.149 e. The van der Waals surface area contributed by atoms with E-state index in [2.05, 4.69) is 15.9 Å². The molecule has 1 saturated carbocycles. The number of halogens is 3. The van der Waals surface area contributed by atoms with E-state index < -0.39 is 11.4 Å². The van der Waals surface area contributed by atoms with Crippen molar-refractivity contribution in [1.29, 1.82) is 0 Å². The van der Waals surface area contributed by atoms with Gasteiger partial charge in [0.2, 0.25) is 0 Å². The van der Waals surface area contributed by atoms with Gasteiger partial charge in [-0.1, -0.05) is 17.7 Å². The fraction of sp³-hybridized carbons (Fsp3) is 0.455. The lowest BCUT2D eigenvalue weighted by Gasteiger charge is -2.27. The maximum absolute atomic E-state index is 14.0. The van der Waals surface area contributed by atoms with E-state index in [1.54, 1.807) is 6.07 Å². The van der Waals surface area contributed by atoms with Gasteiger partial charge in [0.1, 0.15) is 11.4 Å². The average Bonchev–Trinajstić information content (AvgIpc) is 3.09. The predicted molar refractivity (Wildman–Crippen MR) is 64.8 cm³/mol. The number of hydrogen-bond acceptors (Lipinski definition) is 2. The second-order valence-electron chi connectivity index (χ2n) is 4.13. The highest BCUT2D eigenvalue weighted by atomic mass is 79.9. The molecule has 2 rings (SSSR count). The van der Waals surface area contributed by atoms with E-state index in [9.17, 15) is 9.50 Å². The molecule has 88 valence electrons. The first-order valence-corrected chi connectivity index (χ1v) is 6.24. The third-order valence-electron chi connectivity index (χ3n) is 3.07. The van der Waals surface area contributed by atoms with Crippen molar-refractivity contribution in [3.8, 4) is 0 Å². The van der Waals surface area contributed by atoms with E-state index in [4.69, 9.17) is 17.3 Å². The molecule has 3 N–H and O–H groups in total. The van der Waals surface area contributed by atoms with Gasteiger partial charge in [-0.2, -0.15) is 0 Å². The first kappa shape index (κ1) is 12.3. The largest absolute Gasteiger partial charge is 0.383 e. The summed E-state index contributed by atoms with van der Waals surface area (Å²) in [6.45, 7) is 0.00650. The third kappa shape index (κ3) is 1.88. The Balaban J connectivity index is 2.50. The molecule has 1 aromatic rings. The zero-order valence-electron chi connectivity index (χ0n) is 8.51. The van der Waals surface area contributed by atoms with Crippen molar-refractivity contribution in [3.63, 3.8) is 0 Å². The van der Waals surface area contributed by atoms with Gasteiger partial charge < -0.3 is 10.8 Å². The second kappa shape index (κ2) is 4.26. The van der Waals surface area contributed by atoms with Crippen molar-refractivity contribution in [1.82, 2.24) is 0 Å². The zero-order valence-corrected chi connectivity index (χ0v) is 10.9. The lowest BCUT2D eigenvalue weighted by Crippen LogP contribution is -2.38. The number of nitrogens with two attached hydrogens (primary N) is 1. The zero-order chi connectivity index (χ0) is 11.9. The van der Waals surface area contributed by atoms with Gasteiger partial charge in [0.05, 0.1) is 5.02 Å². The van der Waals surface area contributed by atoms with Gasteiger partial charge in [0, 0.05) is 16.6 Å². The summed E-state index contributed by atoms with van der Waals surface area (Å²) in [7, 11) is 0. The highest BCUT2D eigenvalue weighted by Gasteiger charge is 2.45. The summed E-state index contributed by atoms with van der Waals surface area (Å²) in [5.41, 5.74) is 4.48. The number of benzene rings is 1. The average molecular weight is 309 g/mol.